The highest BCUT2D eigenvalue weighted by Crippen LogP contribution is 2.22. The van der Waals surface area contributed by atoms with E-state index < -0.39 is 0 Å². The Balaban J connectivity index is 1.85. The van der Waals surface area contributed by atoms with Crippen LogP contribution in [0, 0.1) is 0 Å². The predicted molar refractivity (Wildman–Crippen MR) is 77.7 cm³/mol. The molecule has 2 heteroatoms. The third-order valence-corrected chi connectivity index (χ3v) is 4.12. The number of nitrogens with two attached hydrogens (primary N) is 1. The van der Waals surface area contributed by atoms with E-state index in [0.717, 1.165) is 13.0 Å². The van der Waals surface area contributed by atoms with Crippen LogP contribution in [0.4, 0.5) is 0 Å². The Morgan fingerprint density at radius 1 is 1.22 bits per heavy atom. The zero-order chi connectivity index (χ0) is 12.8. The van der Waals surface area contributed by atoms with Crippen molar-refractivity contribution in [2.75, 3.05) is 6.54 Å². The third-order valence-electron chi connectivity index (χ3n) is 4.12. The first kappa shape index (κ1) is 13.6. The molecule has 18 heavy (non-hydrogen) atoms. The van der Waals surface area contributed by atoms with Crippen LogP contribution in [0.1, 0.15) is 50.5 Å². The molecular weight excluding hydrogens is 220 g/mol. The minimum atomic E-state index is 0.461. The lowest BCUT2D eigenvalue weighted by atomic mass is 9.93. The summed E-state index contributed by atoms with van der Waals surface area (Å²) in [5.41, 5.74) is 7.34. The molecule has 1 aromatic rings. The van der Waals surface area contributed by atoms with Crippen LogP contribution in [0.3, 0.4) is 0 Å². The minimum absolute atomic E-state index is 0.461. The Kier molecular flexibility index (Phi) is 5.21. The van der Waals surface area contributed by atoms with Crippen molar-refractivity contribution in [3.8, 4) is 0 Å². The smallest absolute Gasteiger partial charge is 0.0198 e. The molecule has 0 aromatic heterocycles. The molecule has 1 saturated carbocycles. The molecule has 2 nitrogen and oxygen atoms in total. The number of nitrogens with one attached hydrogen (secondary N) is 1. The highest BCUT2D eigenvalue weighted by molar-refractivity contribution is 5.18. The first-order chi connectivity index (χ1) is 8.79. The Morgan fingerprint density at radius 3 is 2.50 bits per heavy atom. The maximum Gasteiger partial charge on any atom is 0.0198 e. The van der Waals surface area contributed by atoms with Gasteiger partial charge in [-0.3, -0.25) is 0 Å². The van der Waals surface area contributed by atoms with Gasteiger partial charge in [-0.1, -0.05) is 50.1 Å². The monoisotopic (exact) mass is 246 g/mol. The molecule has 2 atom stereocenters. The summed E-state index contributed by atoms with van der Waals surface area (Å²) < 4.78 is 0. The quantitative estimate of drug-likeness (QED) is 0.809. The van der Waals surface area contributed by atoms with E-state index in [0.29, 0.717) is 18.0 Å². The lowest BCUT2D eigenvalue weighted by Crippen LogP contribution is -2.42. The highest BCUT2D eigenvalue weighted by atomic mass is 15.0. The molecular formula is C16H26N2. The molecule has 0 aliphatic heterocycles. The first-order valence-electron chi connectivity index (χ1n) is 7.30. The molecule has 1 aliphatic rings. The van der Waals surface area contributed by atoms with E-state index in [-0.39, 0.29) is 0 Å². The third kappa shape index (κ3) is 3.82. The molecule has 1 aliphatic carbocycles. The first-order valence-corrected chi connectivity index (χ1v) is 7.30. The zero-order valence-corrected chi connectivity index (χ0v) is 11.4. The fourth-order valence-electron chi connectivity index (χ4n) is 3.00. The molecule has 0 bridgehead atoms. The fourth-order valence-corrected chi connectivity index (χ4v) is 3.00. The topological polar surface area (TPSA) is 38.0 Å². The summed E-state index contributed by atoms with van der Waals surface area (Å²) in [5.74, 6) is 0.577. The van der Waals surface area contributed by atoms with Gasteiger partial charge in [0.1, 0.15) is 0 Å². The number of hydrogen-bond acceptors (Lipinski definition) is 2. The molecule has 100 valence electrons. The van der Waals surface area contributed by atoms with Crippen LogP contribution in [0.5, 0.6) is 0 Å². The second-order valence-corrected chi connectivity index (χ2v) is 5.63. The summed E-state index contributed by atoms with van der Waals surface area (Å²) in [4.78, 5) is 0. The minimum Gasteiger partial charge on any atom is -0.329 e. The van der Waals surface area contributed by atoms with Crippen LogP contribution in [-0.4, -0.2) is 18.6 Å². The fraction of sp³-hybridized carbons (Fsp3) is 0.625. The Labute approximate surface area is 111 Å². The van der Waals surface area contributed by atoms with Crippen LogP contribution in [-0.2, 0) is 0 Å². The standard InChI is InChI=1S/C16H26N2/c1-13(14-7-3-2-4-8-14)11-16(12-17)18-15-9-5-6-10-15/h2-4,7-8,13,15-16,18H,5-6,9-12,17H2,1H3. The van der Waals surface area contributed by atoms with E-state index in [2.05, 4.69) is 42.6 Å². The van der Waals surface area contributed by atoms with Gasteiger partial charge in [-0.25, -0.2) is 0 Å². The Bertz CT molecular complexity index is 330. The van der Waals surface area contributed by atoms with Crippen molar-refractivity contribution in [2.45, 2.75) is 57.0 Å². The van der Waals surface area contributed by atoms with Gasteiger partial charge in [-0.2, -0.15) is 0 Å². The molecule has 3 N–H and O–H groups in total. The van der Waals surface area contributed by atoms with Gasteiger partial charge in [0.25, 0.3) is 0 Å². The van der Waals surface area contributed by atoms with Crippen molar-refractivity contribution in [3.63, 3.8) is 0 Å². The summed E-state index contributed by atoms with van der Waals surface area (Å²) in [5, 5.41) is 3.74. The summed E-state index contributed by atoms with van der Waals surface area (Å²) in [6, 6.07) is 11.9. The van der Waals surface area contributed by atoms with E-state index in [1.54, 1.807) is 0 Å². The SMILES string of the molecule is CC(CC(CN)NC1CCCC1)c1ccccc1. The normalized spacial score (nSPS) is 19.9. The number of rotatable bonds is 6. The second kappa shape index (κ2) is 6.91. The average molecular weight is 246 g/mol. The Hall–Kier alpha value is -0.860. The molecule has 0 radical (unpaired) electrons. The molecule has 0 spiro atoms. The van der Waals surface area contributed by atoms with E-state index in [4.69, 9.17) is 5.73 Å². The maximum absolute atomic E-state index is 5.91. The van der Waals surface area contributed by atoms with Gasteiger partial charge in [0.05, 0.1) is 0 Å². The van der Waals surface area contributed by atoms with Gasteiger partial charge in [-0.05, 0) is 30.7 Å². The lowest BCUT2D eigenvalue weighted by molar-refractivity contribution is 0.397. The van der Waals surface area contributed by atoms with Crippen molar-refractivity contribution < 1.29 is 0 Å². The average Bonchev–Trinajstić information content (AvgIpc) is 2.91. The van der Waals surface area contributed by atoms with E-state index >= 15 is 0 Å². The molecule has 2 rings (SSSR count). The van der Waals surface area contributed by atoms with Crippen LogP contribution in [0.15, 0.2) is 30.3 Å². The van der Waals surface area contributed by atoms with Crippen molar-refractivity contribution in [3.05, 3.63) is 35.9 Å². The summed E-state index contributed by atoms with van der Waals surface area (Å²) in [7, 11) is 0. The molecule has 0 saturated heterocycles. The van der Waals surface area contributed by atoms with Crippen molar-refractivity contribution in [1.29, 1.82) is 0 Å². The second-order valence-electron chi connectivity index (χ2n) is 5.63. The van der Waals surface area contributed by atoms with Gasteiger partial charge in [0.15, 0.2) is 0 Å². The van der Waals surface area contributed by atoms with Crippen molar-refractivity contribution in [2.24, 2.45) is 5.73 Å². The molecule has 1 aromatic carbocycles. The number of benzene rings is 1. The van der Waals surface area contributed by atoms with Gasteiger partial charge in [0.2, 0.25) is 0 Å². The summed E-state index contributed by atoms with van der Waals surface area (Å²) in [6.07, 6.45) is 6.55. The lowest BCUT2D eigenvalue weighted by Gasteiger charge is -2.24. The number of hydrogen-bond donors (Lipinski definition) is 2. The van der Waals surface area contributed by atoms with Crippen LogP contribution in [0.25, 0.3) is 0 Å². The van der Waals surface area contributed by atoms with Gasteiger partial charge >= 0.3 is 0 Å². The molecule has 2 unspecified atom stereocenters. The van der Waals surface area contributed by atoms with E-state index in [1.165, 1.54) is 31.2 Å². The molecule has 0 heterocycles. The largest absolute Gasteiger partial charge is 0.329 e. The van der Waals surface area contributed by atoms with Crippen LogP contribution in [0.2, 0.25) is 0 Å². The predicted octanol–water partition coefficient (Wildman–Crippen LogP) is 3.04. The van der Waals surface area contributed by atoms with E-state index in [1.807, 2.05) is 0 Å². The van der Waals surface area contributed by atoms with Gasteiger partial charge < -0.3 is 11.1 Å². The van der Waals surface area contributed by atoms with Crippen LogP contribution < -0.4 is 11.1 Å². The van der Waals surface area contributed by atoms with E-state index in [9.17, 15) is 0 Å². The van der Waals surface area contributed by atoms with Crippen molar-refractivity contribution >= 4 is 0 Å². The zero-order valence-electron chi connectivity index (χ0n) is 11.4. The molecule has 1 fully saturated rings. The summed E-state index contributed by atoms with van der Waals surface area (Å²) >= 11 is 0. The Morgan fingerprint density at radius 2 is 1.89 bits per heavy atom. The highest BCUT2D eigenvalue weighted by Gasteiger charge is 2.20. The van der Waals surface area contributed by atoms with Crippen LogP contribution >= 0.6 is 0 Å². The van der Waals surface area contributed by atoms with Gasteiger partial charge in [0, 0.05) is 18.6 Å². The van der Waals surface area contributed by atoms with Crippen molar-refractivity contribution in [1.82, 2.24) is 5.32 Å². The molecule has 0 amide bonds. The maximum atomic E-state index is 5.91. The van der Waals surface area contributed by atoms with Gasteiger partial charge in [-0.15, -0.1) is 0 Å². The summed E-state index contributed by atoms with van der Waals surface area (Å²) in [6.45, 7) is 3.04.